The van der Waals surface area contributed by atoms with E-state index in [-0.39, 0.29) is 5.91 Å². The van der Waals surface area contributed by atoms with E-state index in [2.05, 4.69) is 17.3 Å². The third kappa shape index (κ3) is 4.30. The van der Waals surface area contributed by atoms with Gasteiger partial charge in [-0.05, 0) is 32.7 Å². The number of aliphatic carboxylic acids is 1. The van der Waals surface area contributed by atoms with Crippen molar-refractivity contribution in [2.45, 2.75) is 44.6 Å². The Morgan fingerprint density at radius 1 is 1.19 bits per heavy atom. The molecule has 21 heavy (non-hydrogen) atoms. The van der Waals surface area contributed by atoms with Gasteiger partial charge in [-0.1, -0.05) is 25.0 Å². The van der Waals surface area contributed by atoms with Crippen molar-refractivity contribution in [3.8, 4) is 0 Å². The van der Waals surface area contributed by atoms with Gasteiger partial charge in [0.25, 0.3) is 0 Å². The smallest absolute Gasteiger partial charge is 0.307 e. The van der Waals surface area contributed by atoms with Crippen LogP contribution in [0.15, 0.2) is 12.2 Å². The molecule has 0 aliphatic heterocycles. The van der Waals surface area contributed by atoms with Crippen LogP contribution in [0.25, 0.3) is 0 Å². The van der Waals surface area contributed by atoms with Crippen molar-refractivity contribution in [2.75, 3.05) is 20.1 Å². The normalized spacial score (nSPS) is 26.2. The minimum atomic E-state index is -0.873. The lowest BCUT2D eigenvalue weighted by Gasteiger charge is -2.26. The fraction of sp³-hybridized carbons (Fsp3) is 0.750. The number of rotatable bonds is 6. The van der Waals surface area contributed by atoms with Gasteiger partial charge in [0, 0.05) is 19.1 Å². The number of amides is 1. The van der Waals surface area contributed by atoms with Crippen molar-refractivity contribution in [1.29, 1.82) is 0 Å². The highest BCUT2D eigenvalue weighted by atomic mass is 16.4. The van der Waals surface area contributed by atoms with E-state index in [4.69, 9.17) is 0 Å². The number of carbonyl (C=O) groups excluding carboxylic acids is 1. The molecule has 1 fully saturated rings. The molecule has 1 saturated carbocycles. The van der Waals surface area contributed by atoms with Crippen molar-refractivity contribution in [3.05, 3.63) is 12.2 Å². The largest absolute Gasteiger partial charge is 0.481 e. The molecule has 2 aliphatic rings. The number of carboxylic acid groups (broad SMARTS) is 1. The molecule has 0 unspecified atom stereocenters. The number of hydrogen-bond donors (Lipinski definition) is 2. The molecule has 2 rings (SSSR count). The van der Waals surface area contributed by atoms with Crippen LogP contribution in [0.5, 0.6) is 0 Å². The van der Waals surface area contributed by atoms with E-state index in [1.165, 1.54) is 25.7 Å². The first-order chi connectivity index (χ1) is 10.1. The monoisotopic (exact) mass is 294 g/mol. The summed E-state index contributed by atoms with van der Waals surface area (Å²) in [6, 6.07) is 0.645. The number of likely N-dealkylation sites (N-methyl/N-ethyl adjacent to an activating group) is 1. The molecule has 0 heterocycles. The lowest BCUT2D eigenvalue weighted by atomic mass is 9.82. The molecule has 5 heteroatoms. The van der Waals surface area contributed by atoms with Gasteiger partial charge in [-0.15, -0.1) is 0 Å². The van der Waals surface area contributed by atoms with Crippen LogP contribution in [0, 0.1) is 11.8 Å². The SMILES string of the molecule is CN(CCNC(=O)[C@@H]1CC=CC[C@@H]1C(=O)O)C1CCCC1. The number of allylic oxidation sites excluding steroid dienone is 2. The highest BCUT2D eigenvalue weighted by molar-refractivity contribution is 5.85. The maximum absolute atomic E-state index is 12.2. The summed E-state index contributed by atoms with van der Waals surface area (Å²) in [4.78, 5) is 25.7. The topological polar surface area (TPSA) is 69.6 Å². The number of hydrogen-bond acceptors (Lipinski definition) is 3. The zero-order valence-electron chi connectivity index (χ0n) is 12.8. The van der Waals surface area contributed by atoms with E-state index < -0.39 is 17.8 Å². The molecule has 2 atom stereocenters. The Bertz CT molecular complexity index is 402. The zero-order chi connectivity index (χ0) is 15.2. The molecule has 5 nitrogen and oxygen atoms in total. The van der Waals surface area contributed by atoms with Crippen molar-refractivity contribution in [3.63, 3.8) is 0 Å². The van der Waals surface area contributed by atoms with Gasteiger partial charge in [-0.2, -0.15) is 0 Å². The van der Waals surface area contributed by atoms with E-state index in [1.807, 2.05) is 12.2 Å². The second-order valence-corrected chi connectivity index (χ2v) is 6.20. The molecule has 0 aromatic carbocycles. The molecule has 0 saturated heterocycles. The highest BCUT2D eigenvalue weighted by Gasteiger charge is 2.33. The maximum atomic E-state index is 12.2. The van der Waals surface area contributed by atoms with Gasteiger partial charge in [0.15, 0.2) is 0 Å². The Labute approximate surface area is 126 Å². The maximum Gasteiger partial charge on any atom is 0.307 e. The molecule has 2 N–H and O–H groups in total. The van der Waals surface area contributed by atoms with E-state index in [0.29, 0.717) is 25.4 Å². The van der Waals surface area contributed by atoms with Gasteiger partial charge in [-0.3, -0.25) is 9.59 Å². The van der Waals surface area contributed by atoms with E-state index in [0.717, 1.165) is 6.54 Å². The van der Waals surface area contributed by atoms with Gasteiger partial charge in [0.1, 0.15) is 0 Å². The Morgan fingerprint density at radius 3 is 2.43 bits per heavy atom. The molecule has 0 spiro atoms. The quantitative estimate of drug-likeness (QED) is 0.731. The van der Waals surface area contributed by atoms with E-state index >= 15 is 0 Å². The predicted molar refractivity (Wildman–Crippen MR) is 80.9 cm³/mol. The summed E-state index contributed by atoms with van der Waals surface area (Å²) in [5, 5.41) is 12.1. The second-order valence-electron chi connectivity index (χ2n) is 6.20. The Hall–Kier alpha value is -1.36. The summed E-state index contributed by atoms with van der Waals surface area (Å²) in [5.74, 6) is -2.00. The van der Waals surface area contributed by atoms with Gasteiger partial charge >= 0.3 is 5.97 Å². The van der Waals surface area contributed by atoms with Crippen LogP contribution in [-0.2, 0) is 9.59 Å². The van der Waals surface area contributed by atoms with Crippen molar-refractivity contribution < 1.29 is 14.7 Å². The third-order valence-electron chi connectivity index (χ3n) is 4.80. The summed E-state index contributed by atoms with van der Waals surface area (Å²) in [5.41, 5.74) is 0. The average molecular weight is 294 g/mol. The van der Waals surface area contributed by atoms with Crippen LogP contribution in [0.2, 0.25) is 0 Å². The van der Waals surface area contributed by atoms with Crippen molar-refractivity contribution in [2.24, 2.45) is 11.8 Å². The Kier molecular flexibility index (Phi) is 5.79. The fourth-order valence-corrected chi connectivity index (χ4v) is 3.39. The van der Waals surface area contributed by atoms with Crippen LogP contribution in [0.1, 0.15) is 38.5 Å². The van der Waals surface area contributed by atoms with Crippen molar-refractivity contribution in [1.82, 2.24) is 10.2 Å². The Morgan fingerprint density at radius 2 is 1.81 bits per heavy atom. The van der Waals surface area contributed by atoms with Crippen molar-refractivity contribution >= 4 is 11.9 Å². The van der Waals surface area contributed by atoms with Gasteiger partial charge < -0.3 is 15.3 Å². The van der Waals surface area contributed by atoms with Crippen LogP contribution in [-0.4, -0.2) is 48.1 Å². The van der Waals surface area contributed by atoms with E-state index in [9.17, 15) is 14.7 Å². The number of nitrogens with zero attached hydrogens (tertiary/aromatic N) is 1. The summed E-state index contributed by atoms with van der Waals surface area (Å²) in [7, 11) is 2.10. The minimum Gasteiger partial charge on any atom is -0.481 e. The first kappa shape index (κ1) is 16.0. The molecular weight excluding hydrogens is 268 g/mol. The molecule has 2 aliphatic carbocycles. The second kappa shape index (κ2) is 7.59. The Balaban J connectivity index is 1.75. The number of carboxylic acids is 1. The van der Waals surface area contributed by atoms with Crippen LogP contribution < -0.4 is 5.32 Å². The lowest BCUT2D eigenvalue weighted by molar-refractivity contribution is -0.147. The predicted octanol–water partition coefficient (Wildman–Crippen LogP) is 1.64. The number of nitrogens with one attached hydrogen (secondary N) is 1. The van der Waals surface area contributed by atoms with Gasteiger partial charge in [-0.25, -0.2) is 0 Å². The first-order valence-electron chi connectivity index (χ1n) is 7.95. The molecular formula is C16H26N2O3. The fourth-order valence-electron chi connectivity index (χ4n) is 3.39. The molecule has 0 aromatic heterocycles. The summed E-state index contributed by atoms with van der Waals surface area (Å²) >= 11 is 0. The standard InChI is InChI=1S/C16H26N2O3/c1-18(12-6-2-3-7-12)11-10-17-15(19)13-8-4-5-9-14(13)16(20)21/h4-5,12-14H,2-3,6-11H2,1H3,(H,17,19)(H,20,21)/t13-,14+/m1/s1. The zero-order valence-corrected chi connectivity index (χ0v) is 12.8. The van der Waals surface area contributed by atoms with Crippen LogP contribution >= 0.6 is 0 Å². The molecule has 1 amide bonds. The molecule has 0 bridgehead atoms. The van der Waals surface area contributed by atoms with Crippen LogP contribution in [0.3, 0.4) is 0 Å². The molecule has 0 aromatic rings. The lowest BCUT2D eigenvalue weighted by Crippen LogP contribution is -2.42. The van der Waals surface area contributed by atoms with Gasteiger partial charge in [0.2, 0.25) is 5.91 Å². The van der Waals surface area contributed by atoms with E-state index in [1.54, 1.807) is 0 Å². The molecule has 0 radical (unpaired) electrons. The highest BCUT2D eigenvalue weighted by Crippen LogP contribution is 2.26. The first-order valence-corrected chi connectivity index (χ1v) is 7.95. The summed E-state index contributed by atoms with van der Waals surface area (Å²) < 4.78 is 0. The summed E-state index contributed by atoms with van der Waals surface area (Å²) in [6.45, 7) is 1.43. The molecule has 118 valence electrons. The van der Waals surface area contributed by atoms with Gasteiger partial charge in [0.05, 0.1) is 11.8 Å². The average Bonchev–Trinajstić information content (AvgIpc) is 3.01. The van der Waals surface area contributed by atoms with Crippen LogP contribution in [0.4, 0.5) is 0 Å². The minimum absolute atomic E-state index is 0.119. The number of carbonyl (C=O) groups is 2. The summed E-state index contributed by atoms with van der Waals surface area (Å²) in [6.07, 6.45) is 9.85. The third-order valence-corrected chi connectivity index (χ3v) is 4.80.